The van der Waals surface area contributed by atoms with Crippen molar-refractivity contribution in [1.29, 1.82) is 0 Å². The molecule has 0 amide bonds. The highest BCUT2D eigenvalue weighted by molar-refractivity contribution is 7.89. The molecule has 0 unspecified atom stereocenters. The van der Waals surface area contributed by atoms with Crippen LogP contribution in [0.4, 0.5) is 5.82 Å². The van der Waals surface area contributed by atoms with Crippen LogP contribution in [0.5, 0.6) is 0 Å². The molecule has 0 aromatic carbocycles. The van der Waals surface area contributed by atoms with Gasteiger partial charge in [-0.1, -0.05) is 0 Å². The average molecular weight is 387 g/mol. The van der Waals surface area contributed by atoms with E-state index in [-0.39, 0.29) is 16.6 Å². The van der Waals surface area contributed by atoms with Crippen LogP contribution >= 0.6 is 0 Å². The molecule has 0 aliphatic carbocycles. The Bertz CT molecular complexity index is 1090. The summed E-state index contributed by atoms with van der Waals surface area (Å²) in [6.45, 7) is 0.772. The van der Waals surface area contributed by atoms with E-state index in [1.54, 1.807) is 6.20 Å². The molecule has 0 saturated carbocycles. The Morgan fingerprint density at radius 2 is 1.96 bits per heavy atom. The zero-order valence-electron chi connectivity index (χ0n) is 14.3. The second-order valence-corrected chi connectivity index (χ2v) is 8.37. The van der Waals surface area contributed by atoms with Crippen molar-refractivity contribution < 1.29 is 13.3 Å². The van der Waals surface area contributed by atoms with Gasteiger partial charge in [-0.25, -0.2) is 13.4 Å². The van der Waals surface area contributed by atoms with Gasteiger partial charge < -0.3 is 15.1 Å². The van der Waals surface area contributed by atoms with E-state index < -0.39 is 14.9 Å². The predicted octanol–water partition coefficient (Wildman–Crippen LogP) is 2.43. The number of hydrogen-bond donors (Lipinski definition) is 1. The lowest BCUT2D eigenvalue weighted by Crippen LogP contribution is -2.37. The first kappa shape index (κ1) is 17.6. The molecular weight excluding hydrogens is 370 g/mol. The first-order valence-corrected chi connectivity index (χ1v) is 9.93. The Morgan fingerprint density at radius 3 is 2.63 bits per heavy atom. The average Bonchev–Trinajstić information content (AvgIpc) is 3.12. The second-order valence-electron chi connectivity index (χ2n) is 6.43. The molecule has 1 aliphatic rings. The summed E-state index contributed by atoms with van der Waals surface area (Å²) >= 11 is 0. The number of rotatable bonds is 4. The molecule has 0 bridgehead atoms. The maximum Gasteiger partial charge on any atom is 0.363 e. The van der Waals surface area contributed by atoms with Crippen molar-refractivity contribution >= 4 is 26.9 Å². The fourth-order valence-corrected chi connectivity index (χ4v) is 4.92. The molecule has 3 aromatic rings. The van der Waals surface area contributed by atoms with Crippen molar-refractivity contribution in [3.8, 4) is 0 Å². The Hall–Kier alpha value is -2.85. The number of sulfonamides is 1. The van der Waals surface area contributed by atoms with Crippen LogP contribution in [-0.2, 0) is 10.0 Å². The molecule has 0 atom stereocenters. The zero-order chi connectivity index (χ0) is 19.0. The van der Waals surface area contributed by atoms with Crippen molar-refractivity contribution in [2.45, 2.75) is 23.7 Å². The van der Waals surface area contributed by atoms with Gasteiger partial charge in [0.25, 0.3) is 0 Å². The number of aromatic amines is 1. The minimum atomic E-state index is -3.71. The van der Waals surface area contributed by atoms with Gasteiger partial charge in [-0.05, 0) is 52.4 Å². The van der Waals surface area contributed by atoms with E-state index >= 15 is 0 Å². The Morgan fingerprint density at radius 1 is 1.19 bits per heavy atom. The normalized spacial score (nSPS) is 16.6. The van der Waals surface area contributed by atoms with Gasteiger partial charge in [0.15, 0.2) is 6.20 Å². The molecule has 10 heteroatoms. The van der Waals surface area contributed by atoms with Gasteiger partial charge >= 0.3 is 5.82 Å². The molecular formula is C17H17N5O4S. The fraction of sp³-hybridized carbons (Fsp3) is 0.294. The highest BCUT2D eigenvalue weighted by Gasteiger charge is 2.31. The lowest BCUT2D eigenvalue weighted by atomic mass is 9.90. The number of fused-ring (bicyclic) bond motifs is 1. The van der Waals surface area contributed by atoms with Crippen molar-refractivity contribution in [2.24, 2.45) is 0 Å². The summed E-state index contributed by atoms with van der Waals surface area (Å²) < 4.78 is 27.0. The molecule has 0 spiro atoms. The number of pyridine rings is 2. The maximum absolute atomic E-state index is 12.8. The van der Waals surface area contributed by atoms with Crippen molar-refractivity contribution in [3.05, 3.63) is 58.5 Å². The summed E-state index contributed by atoms with van der Waals surface area (Å²) in [5.41, 5.74) is 1.99. The van der Waals surface area contributed by atoms with Gasteiger partial charge in [-0.3, -0.25) is 0 Å². The Kier molecular flexibility index (Phi) is 4.36. The zero-order valence-corrected chi connectivity index (χ0v) is 15.1. The minimum Gasteiger partial charge on any atom is -0.358 e. The Balaban J connectivity index is 1.50. The van der Waals surface area contributed by atoms with E-state index in [0.29, 0.717) is 25.9 Å². The lowest BCUT2D eigenvalue weighted by Gasteiger charge is -2.30. The third-order valence-electron chi connectivity index (χ3n) is 4.92. The van der Waals surface area contributed by atoms with Gasteiger partial charge in [-0.2, -0.15) is 4.31 Å². The molecule has 1 saturated heterocycles. The van der Waals surface area contributed by atoms with Gasteiger partial charge in [0.05, 0.1) is 0 Å². The number of nitrogens with zero attached hydrogens (tertiary/aromatic N) is 4. The predicted molar refractivity (Wildman–Crippen MR) is 97.7 cm³/mol. The van der Waals surface area contributed by atoms with Crippen molar-refractivity contribution in [2.75, 3.05) is 13.1 Å². The van der Waals surface area contributed by atoms with Gasteiger partial charge in [0.2, 0.25) is 10.0 Å². The first-order valence-electron chi connectivity index (χ1n) is 8.49. The van der Waals surface area contributed by atoms with E-state index in [1.165, 1.54) is 10.4 Å². The molecule has 9 nitrogen and oxygen atoms in total. The summed E-state index contributed by atoms with van der Waals surface area (Å²) in [5.74, 6) is -0.120. The van der Waals surface area contributed by atoms with E-state index in [2.05, 4.69) is 15.0 Å². The van der Waals surface area contributed by atoms with Gasteiger partial charge in [0, 0.05) is 36.9 Å². The molecule has 27 heavy (non-hydrogen) atoms. The monoisotopic (exact) mass is 387 g/mol. The van der Waals surface area contributed by atoms with Gasteiger partial charge in [-0.15, -0.1) is 0 Å². The van der Waals surface area contributed by atoms with E-state index in [1.807, 2.05) is 18.3 Å². The van der Waals surface area contributed by atoms with E-state index in [0.717, 1.165) is 28.9 Å². The summed E-state index contributed by atoms with van der Waals surface area (Å²) in [6.07, 6.45) is 6.12. The summed E-state index contributed by atoms with van der Waals surface area (Å²) in [4.78, 5) is 21.1. The molecule has 4 heterocycles. The summed E-state index contributed by atoms with van der Waals surface area (Å²) in [7, 11) is -3.71. The molecule has 1 N–H and O–H groups in total. The van der Waals surface area contributed by atoms with Crippen LogP contribution in [0.2, 0.25) is 0 Å². The standard InChI is InChI=1S/C17H17N5O4S/c23-22(24)16-4-3-13(10-19-16)27(25,26)21-8-5-12(6-9-21)15-11-20-17-14(15)2-1-7-18-17/h1-4,7,10-12H,5-6,8-9H2,(H,18,20). The second kappa shape index (κ2) is 6.71. The molecule has 4 rings (SSSR count). The number of nitro groups is 1. The SMILES string of the molecule is O=[N+]([O-])c1ccc(S(=O)(=O)N2CCC(c3c[nH]c4ncccc34)CC2)cn1. The highest BCUT2D eigenvalue weighted by atomic mass is 32.2. The van der Waals surface area contributed by atoms with Crippen LogP contribution in [0.3, 0.4) is 0 Å². The van der Waals surface area contributed by atoms with Crippen LogP contribution in [0.1, 0.15) is 24.3 Å². The molecule has 1 aliphatic heterocycles. The van der Waals surface area contributed by atoms with E-state index in [9.17, 15) is 18.5 Å². The lowest BCUT2D eigenvalue weighted by molar-refractivity contribution is -0.389. The largest absolute Gasteiger partial charge is 0.363 e. The third-order valence-corrected chi connectivity index (χ3v) is 6.80. The van der Waals surface area contributed by atoms with Crippen LogP contribution < -0.4 is 0 Å². The van der Waals surface area contributed by atoms with Crippen molar-refractivity contribution in [3.63, 3.8) is 0 Å². The van der Waals surface area contributed by atoms with E-state index in [4.69, 9.17) is 0 Å². The number of piperidine rings is 1. The number of aromatic nitrogens is 3. The van der Waals surface area contributed by atoms with Crippen LogP contribution in [0.25, 0.3) is 11.0 Å². The topological polar surface area (TPSA) is 122 Å². The number of H-pyrrole nitrogens is 1. The minimum absolute atomic E-state index is 0.0251. The molecule has 1 fully saturated rings. The number of hydrogen-bond acceptors (Lipinski definition) is 6. The quantitative estimate of drug-likeness (QED) is 0.542. The summed E-state index contributed by atoms with van der Waals surface area (Å²) in [5, 5.41) is 11.7. The molecule has 0 radical (unpaired) electrons. The molecule has 3 aromatic heterocycles. The highest BCUT2D eigenvalue weighted by Crippen LogP contribution is 2.34. The number of nitrogens with one attached hydrogen (secondary N) is 1. The van der Waals surface area contributed by atoms with Crippen LogP contribution in [0, 0.1) is 10.1 Å². The third kappa shape index (κ3) is 3.17. The van der Waals surface area contributed by atoms with Gasteiger partial charge in [0.1, 0.15) is 10.5 Å². The van der Waals surface area contributed by atoms with Crippen LogP contribution in [-0.4, -0.2) is 45.7 Å². The Labute approximate surface area is 155 Å². The first-order chi connectivity index (χ1) is 13.0. The van der Waals surface area contributed by atoms with Crippen molar-refractivity contribution in [1.82, 2.24) is 19.3 Å². The van der Waals surface area contributed by atoms with Crippen LogP contribution in [0.15, 0.2) is 47.8 Å². The molecule has 140 valence electrons. The smallest absolute Gasteiger partial charge is 0.358 e. The summed E-state index contributed by atoms with van der Waals surface area (Å²) in [6, 6.07) is 6.25. The maximum atomic E-state index is 12.8. The fourth-order valence-electron chi connectivity index (χ4n) is 3.50.